The van der Waals surface area contributed by atoms with Gasteiger partial charge in [-0.05, 0) is 50.3 Å². The van der Waals surface area contributed by atoms with E-state index < -0.39 is 0 Å². The molecule has 1 aromatic rings. The van der Waals surface area contributed by atoms with Crippen LogP contribution < -0.4 is 11.1 Å². The lowest BCUT2D eigenvalue weighted by Crippen LogP contribution is -2.35. The molecule has 2 unspecified atom stereocenters. The van der Waals surface area contributed by atoms with Crippen LogP contribution in [0.3, 0.4) is 0 Å². The second-order valence-electron chi connectivity index (χ2n) is 6.80. The monoisotopic (exact) mass is 385 g/mol. The van der Waals surface area contributed by atoms with Gasteiger partial charge in [0.1, 0.15) is 0 Å². The van der Waals surface area contributed by atoms with Gasteiger partial charge < -0.3 is 16.0 Å². The van der Waals surface area contributed by atoms with Crippen LogP contribution in [0.4, 0.5) is 5.69 Å². The first-order valence-corrected chi connectivity index (χ1v) is 9.07. The largest absolute Gasteiger partial charge is 0.339 e. The molecule has 1 heterocycles. The summed E-state index contributed by atoms with van der Waals surface area (Å²) in [6.07, 6.45) is 5.54. The first-order chi connectivity index (χ1) is 11.5. The Kier molecular flexibility index (Phi) is 7.11. The smallest absolute Gasteiger partial charge is 0.256 e. The summed E-state index contributed by atoms with van der Waals surface area (Å²) in [6, 6.07) is 5.15. The maximum Gasteiger partial charge on any atom is 0.256 e. The van der Waals surface area contributed by atoms with Crippen molar-refractivity contribution in [3.63, 3.8) is 0 Å². The fraction of sp³-hybridized carbons (Fsp3) is 0.556. The zero-order valence-corrected chi connectivity index (χ0v) is 15.7. The number of hydrogen-bond donors (Lipinski definition) is 2. The van der Waals surface area contributed by atoms with Gasteiger partial charge in [0.15, 0.2) is 0 Å². The van der Waals surface area contributed by atoms with Crippen molar-refractivity contribution in [2.45, 2.75) is 44.6 Å². The molecule has 2 atom stereocenters. The van der Waals surface area contributed by atoms with Crippen LogP contribution in [-0.2, 0) is 4.79 Å². The molecule has 0 spiro atoms. The van der Waals surface area contributed by atoms with Gasteiger partial charge in [0.2, 0.25) is 5.91 Å². The topological polar surface area (TPSA) is 75.4 Å². The number of nitrogens with one attached hydrogen (secondary N) is 1. The quantitative estimate of drug-likeness (QED) is 0.836. The van der Waals surface area contributed by atoms with E-state index in [-0.39, 0.29) is 36.2 Å². The fourth-order valence-corrected chi connectivity index (χ4v) is 3.77. The molecule has 5 nitrogen and oxygen atoms in total. The Morgan fingerprint density at radius 2 is 1.88 bits per heavy atom. The Balaban J connectivity index is 0.00000225. The highest BCUT2D eigenvalue weighted by molar-refractivity contribution is 6.31. The molecule has 2 fully saturated rings. The summed E-state index contributed by atoms with van der Waals surface area (Å²) < 4.78 is 0. The number of hydrogen-bond acceptors (Lipinski definition) is 3. The SMILES string of the molecule is Cl.NC1CCCC(C(=O)Nc2ccc(Cl)cc2C(=O)N2CCCC2)C1. The summed E-state index contributed by atoms with van der Waals surface area (Å²) in [4.78, 5) is 27.1. The summed E-state index contributed by atoms with van der Waals surface area (Å²) in [5, 5.41) is 3.43. The minimum atomic E-state index is -0.0841. The zero-order chi connectivity index (χ0) is 17.1. The van der Waals surface area contributed by atoms with Crippen LogP contribution in [0.5, 0.6) is 0 Å². The molecule has 138 valence electrons. The van der Waals surface area contributed by atoms with Crippen LogP contribution >= 0.6 is 24.0 Å². The van der Waals surface area contributed by atoms with E-state index in [4.69, 9.17) is 17.3 Å². The maximum absolute atomic E-state index is 12.7. The van der Waals surface area contributed by atoms with Crippen molar-refractivity contribution < 1.29 is 9.59 Å². The van der Waals surface area contributed by atoms with Crippen LogP contribution in [0.15, 0.2) is 18.2 Å². The van der Waals surface area contributed by atoms with Gasteiger partial charge in [-0.15, -0.1) is 12.4 Å². The van der Waals surface area contributed by atoms with E-state index >= 15 is 0 Å². The van der Waals surface area contributed by atoms with E-state index in [1.807, 2.05) is 4.90 Å². The lowest BCUT2D eigenvalue weighted by molar-refractivity contribution is -0.120. The molecular formula is C18H25Cl2N3O2. The molecule has 1 aliphatic carbocycles. The normalized spacial score (nSPS) is 23.0. The highest BCUT2D eigenvalue weighted by Gasteiger charge is 2.27. The second kappa shape index (κ2) is 8.88. The molecule has 1 aromatic carbocycles. The first kappa shape index (κ1) is 20.0. The average molecular weight is 386 g/mol. The predicted octanol–water partition coefficient (Wildman–Crippen LogP) is 3.45. The lowest BCUT2D eigenvalue weighted by Gasteiger charge is -2.26. The molecule has 7 heteroatoms. The van der Waals surface area contributed by atoms with Gasteiger partial charge in [0.25, 0.3) is 5.91 Å². The Morgan fingerprint density at radius 1 is 1.16 bits per heavy atom. The molecule has 0 radical (unpaired) electrons. The van der Waals surface area contributed by atoms with E-state index in [1.165, 1.54) is 0 Å². The number of amides is 2. The number of carbonyl (C=O) groups is 2. The van der Waals surface area contributed by atoms with E-state index in [1.54, 1.807) is 18.2 Å². The van der Waals surface area contributed by atoms with Gasteiger partial charge in [0.05, 0.1) is 11.3 Å². The molecular weight excluding hydrogens is 361 g/mol. The van der Waals surface area contributed by atoms with Crippen molar-refractivity contribution in [1.29, 1.82) is 0 Å². The average Bonchev–Trinajstić information content (AvgIpc) is 3.10. The number of carbonyl (C=O) groups excluding carboxylic acids is 2. The van der Waals surface area contributed by atoms with Gasteiger partial charge >= 0.3 is 0 Å². The Hall–Kier alpha value is -1.30. The van der Waals surface area contributed by atoms with Gasteiger partial charge in [-0.1, -0.05) is 18.0 Å². The Bertz CT molecular complexity index is 633. The number of nitrogens with two attached hydrogens (primary N) is 1. The molecule has 1 saturated heterocycles. The third-order valence-corrected chi connectivity index (χ3v) is 5.18. The van der Waals surface area contributed by atoms with Gasteiger partial charge in [-0.3, -0.25) is 9.59 Å². The van der Waals surface area contributed by atoms with Crippen LogP contribution in [0, 0.1) is 5.92 Å². The van der Waals surface area contributed by atoms with E-state index in [0.29, 0.717) is 22.7 Å². The molecule has 2 aliphatic rings. The first-order valence-electron chi connectivity index (χ1n) is 8.70. The minimum Gasteiger partial charge on any atom is -0.339 e. The van der Waals surface area contributed by atoms with E-state index in [0.717, 1.165) is 45.2 Å². The Morgan fingerprint density at radius 3 is 2.56 bits per heavy atom. The van der Waals surface area contributed by atoms with Crippen molar-refractivity contribution in [3.05, 3.63) is 28.8 Å². The molecule has 0 aromatic heterocycles. The van der Waals surface area contributed by atoms with Crippen LogP contribution in [-0.4, -0.2) is 35.8 Å². The fourth-order valence-electron chi connectivity index (χ4n) is 3.59. The minimum absolute atomic E-state index is 0. The summed E-state index contributed by atoms with van der Waals surface area (Å²) >= 11 is 6.07. The van der Waals surface area contributed by atoms with Crippen molar-refractivity contribution in [1.82, 2.24) is 4.90 Å². The molecule has 25 heavy (non-hydrogen) atoms. The zero-order valence-electron chi connectivity index (χ0n) is 14.2. The second-order valence-corrected chi connectivity index (χ2v) is 7.24. The van der Waals surface area contributed by atoms with Gasteiger partial charge in [-0.2, -0.15) is 0 Å². The molecule has 0 bridgehead atoms. The van der Waals surface area contributed by atoms with Gasteiger partial charge in [-0.25, -0.2) is 0 Å². The van der Waals surface area contributed by atoms with Crippen molar-refractivity contribution in [3.8, 4) is 0 Å². The summed E-state index contributed by atoms with van der Waals surface area (Å²) in [5.74, 6) is -0.201. The number of benzene rings is 1. The van der Waals surface area contributed by atoms with Crippen molar-refractivity contribution in [2.24, 2.45) is 11.7 Å². The number of likely N-dealkylation sites (tertiary alicyclic amines) is 1. The third-order valence-electron chi connectivity index (χ3n) is 4.95. The summed E-state index contributed by atoms with van der Waals surface area (Å²) in [5.41, 5.74) is 6.99. The van der Waals surface area contributed by atoms with Crippen LogP contribution in [0.25, 0.3) is 0 Å². The Labute approximate surface area is 159 Å². The molecule has 1 aliphatic heterocycles. The van der Waals surface area contributed by atoms with Crippen LogP contribution in [0.2, 0.25) is 5.02 Å². The maximum atomic E-state index is 12.7. The number of rotatable bonds is 3. The van der Waals surface area contributed by atoms with Crippen molar-refractivity contribution in [2.75, 3.05) is 18.4 Å². The lowest BCUT2D eigenvalue weighted by atomic mass is 9.85. The summed E-state index contributed by atoms with van der Waals surface area (Å²) in [6.45, 7) is 1.52. The predicted molar refractivity (Wildman–Crippen MR) is 102 cm³/mol. The van der Waals surface area contributed by atoms with Crippen LogP contribution in [0.1, 0.15) is 48.9 Å². The molecule has 3 rings (SSSR count). The molecule has 2 amide bonds. The molecule has 3 N–H and O–H groups in total. The van der Waals surface area contributed by atoms with E-state index in [2.05, 4.69) is 5.32 Å². The molecule has 1 saturated carbocycles. The number of anilines is 1. The number of halogens is 2. The number of nitrogens with zero attached hydrogens (tertiary/aromatic N) is 1. The summed E-state index contributed by atoms with van der Waals surface area (Å²) in [7, 11) is 0. The highest BCUT2D eigenvalue weighted by atomic mass is 35.5. The third kappa shape index (κ3) is 4.87. The van der Waals surface area contributed by atoms with E-state index in [9.17, 15) is 9.59 Å². The van der Waals surface area contributed by atoms with Gasteiger partial charge in [0, 0.05) is 30.1 Å². The van der Waals surface area contributed by atoms with Crippen molar-refractivity contribution >= 4 is 41.5 Å². The standard InChI is InChI=1S/C18H24ClN3O2.ClH/c19-13-6-7-16(15(11-13)18(24)22-8-1-2-9-22)21-17(23)12-4-3-5-14(20)10-12;/h6-7,11-12,14H,1-5,8-10,20H2,(H,21,23);1H. The highest BCUT2D eigenvalue weighted by Crippen LogP contribution is 2.27.